The Morgan fingerprint density at radius 1 is 1.64 bits per heavy atom. The van der Waals surface area contributed by atoms with Crippen molar-refractivity contribution in [2.75, 3.05) is 0 Å². The van der Waals surface area contributed by atoms with Gasteiger partial charge in [0.05, 0.1) is 5.56 Å². The summed E-state index contributed by atoms with van der Waals surface area (Å²) < 4.78 is 24.4. The average Bonchev–Trinajstić information content (AvgIpc) is 2.08. The van der Waals surface area contributed by atoms with E-state index in [9.17, 15) is 18.9 Å². The van der Waals surface area contributed by atoms with E-state index in [1.807, 2.05) is 0 Å². The van der Waals surface area contributed by atoms with Crippen LogP contribution in [0, 0.1) is 17.0 Å². The number of nitrogens with zero attached hydrogens (tertiary/aromatic N) is 2. The number of alkyl halides is 2. The monoisotopic (exact) mass is 204 g/mol. The lowest BCUT2D eigenvalue weighted by Gasteiger charge is -2.04. The van der Waals surface area contributed by atoms with E-state index in [1.54, 1.807) is 0 Å². The number of hydrogen-bond donors (Lipinski definition) is 1. The number of hydrogen-bond acceptors (Lipinski definition) is 4. The molecule has 76 valence electrons. The summed E-state index contributed by atoms with van der Waals surface area (Å²) in [4.78, 5) is 12.4. The van der Waals surface area contributed by atoms with E-state index < -0.39 is 28.5 Å². The number of pyridine rings is 1. The highest BCUT2D eigenvalue weighted by molar-refractivity contribution is 5.48. The first-order chi connectivity index (χ1) is 6.45. The first-order valence-electron chi connectivity index (χ1n) is 3.56. The molecule has 5 nitrogen and oxygen atoms in total. The third kappa shape index (κ3) is 1.61. The molecule has 0 aromatic carbocycles. The number of rotatable bonds is 2. The Morgan fingerprint density at radius 3 is 2.64 bits per heavy atom. The van der Waals surface area contributed by atoms with Crippen molar-refractivity contribution in [2.45, 2.75) is 13.3 Å². The highest BCUT2D eigenvalue weighted by Crippen LogP contribution is 2.33. The Balaban J connectivity index is 3.33. The van der Waals surface area contributed by atoms with Crippen LogP contribution in [0.4, 0.5) is 14.6 Å². The predicted molar refractivity (Wildman–Crippen MR) is 42.3 cm³/mol. The van der Waals surface area contributed by atoms with Gasteiger partial charge in [0.1, 0.15) is 6.20 Å². The SMILES string of the molecule is Cc1c(C(F)F)cnc([N+](=O)[O-])c1O. The molecule has 0 aliphatic rings. The Bertz CT molecular complexity index is 381. The number of aromatic hydroxyl groups is 1. The second-order valence-electron chi connectivity index (χ2n) is 2.57. The number of aromatic nitrogens is 1. The fraction of sp³-hybridized carbons (Fsp3) is 0.286. The van der Waals surface area contributed by atoms with Crippen LogP contribution >= 0.6 is 0 Å². The van der Waals surface area contributed by atoms with E-state index in [2.05, 4.69) is 4.98 Å². The van der Waals surface area contributed by atoms with Gasteiger partial charge in [0.15, 0.2) is 0 Å². The molecule has 0 radical (unpaired) electrons. The van der Waals surface area contributed by atoms with Crippen LogP contribution in [0.2, 0.25) is 0 Å². The van der Waals surface area contributed by atoms with Gasteiger partial charge in [0, 0.05) is 5.56 Å². The molecule has 0 aliphatic heterocycles. The van der Waals surface area contributed by atoms with Crippen LogP contribution in [0.1, 0.15) is 17.6 Å². The van der Waals surface area contributed by atoms with E-state index >= 15 is 0 Å². The Labute approximate surface area is 77.2 Å². The normalized spacial score (nSPS) is 10.6. The van der Waals surface area contributed by atoms with Crippen LogP contribution in [0.25, 0.3) is 0 Å². The molecule has 1 aromatic heterocycles. The van der Waals surface area contributed by atoms with E-state index in [0.29, 0.717) is 6.20 Å². The zero-order chi connectivity index (χ0) is 10.9. The van der Waals surface area contributed by atoms with Gasteiger partial charge in [-0.1, -0.05) is 0 Å². The smallest absolute Gasteiger partial charge is 0.406 e. The summed E-state index contributed by atoms with van der Waals surface area (Å²) >= 11 is 0. The number of halogens is 2. The molecule has 0 aliphatic carbocycles. The maximum atomic E-state index is 12.2. The van der Waals surface area contributed by atoms with Gasteiger partial charge >= 0.3 is 5.82 Å². The lowest BCUT2D eigenvalue weighted by Crippen LogP contribution is -1.98. The molecule has 1 heterocycles. The minimum Gasteiger partial charge on any atom is -0.501 e. The zero-order valence-electron chi connectivity index (χ0n) is 7.07. The van der Waals surface area contributed by atoms with Gasteiger partial charge in [-0.25, -0.2) is 8.78 Å². The van der Waals surface area contributed by atoms with Crippen molar-refractivity contribution in [3.63, 3.8) is 0 Å². The molecule has 1 aromatic rings. The zero-order valence-corrected chi connectivity index (χ0v) is 7.07. The van der Waals surface area contributed by atoms with Crippen LogP contribution < -0.4 is 0 Å². The van der Waals surface area contributed by atoms with Crippen LogP contribution in [0.5, 0.6) is 5.75 Å². The topological polar surface area (TPSA) is 76.3 Å². The van der Waals surface area contributed by atoms with Crippen LogP contribution in [-0.2, 0) is 0 Å². The van der Waals surface area contributed by atoms with Crippen molar-refractivity contribution in [3.05, 3.63) is 27.4 Å². The summed E-state index contributed by atoms with van der Waals surface area (Å²) in [6.07, 6.45) is -2.12. The maximum absolute atomic E-state index is 12.2. The molecule has 0 atom stereocenters. The summed E-state index contributed by atoms with van der Waals surface area (Å²) in [5.41, 5.74) is -0.727. The second-order valence-corrected chi connectivity index (χ2v) is 2.57. The Kier molecular flexibility index (Phi) is 2.59. The molecular weight excluding hydrogens is 198 g/mol. The molecule has 0 fully saturated rings. The van der Waals surface area contributed by atoms with Crippen LogP contribution in [0.15, 0.2) is 6.20 Å². The van der Waals surface area contributed by atoms with Crippen LogP contribution in [-0.4, -0.2) is 15.0 Å². The molecular formula is C7H6F2N2O3. The molecule has 0 spiro atoms. The van der Waals surface area contributed by atoms with Crippen molar-refractivity contribution in [1.82, 2.24) is 4.98 Å². The quantitative estimate of drug-likeness (QED) is 0.589. The predicted octanol–water partition coefficient (Wildman–Crippen LogP) is 1.94. The largest absolute Gasteiger partial charge is 0.501 e. The van der Waals surface area contributed by atoms with E-state index in [-0.39, 0.29) is 5.56 Å². The summed E-state index contributed by atoms with van der Waals surface area (Å²) in [7, 11) is 0. The fourth-order valence-electron chi connectivity index (χ4n) is 0.947. The lowest BCUT2D eigenvalue weighted by atomic mass is 10.1. The van der Waals surface area contributed by atoms with Crippen molar-refractivity contribution in [3.8, 4) is 5.75 Å². The maximum Gasteiger partial charge on any atom is 0.406 e. The molecule has 0 saturated heterocycles. The number of nitro groups is 1. The first-order valence-corrected chi connectivity index (χ1v) is 3.56. The van der Waals surface area contributed by atoms with E-state index in [0.717, 1.165) is 0 Å². The van der Waals surface area contributed by atoms with Crippen molar-refractivity contribution < 1.29 is 18.8 Å². The molecule has 1 rings (SSSR count). The molecule has 1 N–H and O–H groups in total. The summed E-state index contributed by atoms with van der Waals surface area (Å²) in [6, 6.07) is 0. The van der Waals surface area contributed by atoms with Gasteiger partial charge < -0.3 is 15.2 Å². The van der Waals surface area contributed by atoms with Gasteiger partial charge in [0.2, 0.25) is 5.75 Å². The Morgan fingerprint density at radius 2 is 2.21 bits per heavy atom. The Hall–Kier alpha value is -1.79. The molecule has 0 unspecified atom stereocenters. The van der Waals surface area contributed by atoms with Gasteiger partial charge in [-0.05, 0) is 16.8 Å². The minimum absolute atomic E-state index is 0.221. The second kappa shape index (κ2) is 3.52. The standard InChI is InChI=1S/C7H6F2N2O3/c1-3-4(6(8)9)2-10-7(5(3)12)11(13)14/h2,6,12H,1H3. The highest BCUT2D eigenvalue weighted by atomic mass is 19.3. The van der Waals surface area contributed by atoms with Gasteiger partial charge in [-0.3, -0.25) is 0 Å². The minimum atomic E-state index is -2.81. The van der Waals surface area contributed by atoms with Crippen LogP contribution in [0.3, 0.4) is 0 Å². The fourth-order valence-corrected chi connectivity index (χ4v) is 0.947. The van der Waals surface area contributed by atoms with Crippen molar-refractivity contribution >= 4 is 5.82 Å². The summed E-state index contributed by atoms with van der Waals surface area (Å²) in [5, 5.41) is 19.4. The highest BCUT2D eigenvalue weighted by Gasteiger charge is 2.23. The summed E-state index contributed by atoms with van der Waals surface area (Å²) in [5.74, 6) is -1.63. The van der Waals surface area contributed by atoms with Gasteiger partial charge in [-0.15, -0.1) is 0 Å². The third-order valence-electron chi connectivity index (χ3n) is 1.73. The van der Waals surface area contributed by atoms with Gasteiger partial charge in [-0.2, -0.15) is 0 Å². The molecule has 0 bridgehead atoms. The summed E-state index contributed by atoms with van der Waals surface area (Å²) in [6.45, 7) is 1.17. The van der Waals surface area contributed by atoms with Crippen molar-refractivity contribution in [2.24, 2.45) is 0 Å². The molecule has 7 heteroatoms. The third-order valence-corrected chi connectivity index (χ3v) is 1.73. The molecule has 14 heavy (non-hydrogen) atoms. The van der Waals surface area contributed by atoms with Crippen molar-refractivity contribution in [1.29, 1.82) is 0 Å². The molecule has 0 amide bonds. The van der Waals surface area contributed by atoms with E-state index in [4.69, 9.17) is 5.11 Å². The van der Waals surface area contributed by atoms with Gasteiger partial charge in [0.25, 0.3) is 6.43 Å². The van der Waals surface area contributed by atoms with E-state index in [1.165, 1.54) is 6.92 Å². The first kappa shape index (κ1) is 10.3. The lowest BCUT2D eigenvalue weighted by molar-refractivity contribution is -0.390. The average molecular weight is 204 g/mol. The molecule has 0 saturated carbocycles.